The largest absolute Gasteiger partial charge is 0.756 e. The summed E-state index contributed by atoms with van der Waals surface area (Å²) in [6.07, 6.45) is 10.6. The van der Waals surface area contributed by atoms with Gasteiger partial charge in [-0.2, -0.15) is 0 Å². The zero-order valence-electron chi connectivity index (χ0n) is 19.2. The Morgan fingerprint density at radius 1 is 0.839 bits per heavy atom. The topological polar surface area (TPSA) is 146 Å². The Bertz CT molecular complexity index is 468. The van der Waals surface area contributed by atoms with E-state index in [1.165, 1.54) is 51.4 Å². The van der Waals surface area contributed by atoms with E-state index in [1.807, 2.05) is 0 Å². The third kappa shape index (κ3) is 23.4. The van der Waals surface area contributed by atoms with Crippen LogP contribution < -0.4 is 4.89 Å². The summed E-state index contributed by atoms with van der Waals surface area (Å²) in [6, 6.07) is 0. The van der Waals surface area contributed by atoms with Gasteiger partial charge in [-0.05, 0) is 6.42 Å². The molecule has 0 amide bonds. The summed E-state index contributed by atoms with van der Waals surface area (Å²) < 4.78 is 25.1. The minimum atomic E-state index is -4.72. The normalized spacial score (nSPS) is 15.0. The van der Waals surface area contributed by atoms with Crippen molar-refractivity contribution in [3.8, 4) is 0 Å². The van der Waals surface area contributed by atoms with Gasteiger partial charge in [-0.3, -0.25) is 9.36 Å². The van der Waals surface area contributed by atoms with Crippen LogP contribution in [0.15, 0.2) is 0 Å². The van der Waals surface area contributed by atoms with Gasteiger partial charge < -0.3 is 34.0 Å². The van der Waals surface area contributed by atoms with Gasteiger partial charge in [0.2, 0.25) is 0 Å². The number of esters is 1. The van der Waals surface area contributed by atoms with Crippen molar-refractivity contribution >= 4 is 43.3 Å². The molecule has 0 aliphatic rings. The SMILES string of the molecule is CCCCCCCCCCCCCC(=O)OC[C@@H](O)COP(=O)([O-])OCC(O)CO.[Na]. The van der Waals surface area contributed by atoms with Crippen molar-refractivity contribution in [3.05, 3.63) is 0 Å². The van der Waals surface area contributed by atoms with Crippen LogP contribution in [0.1, 0.15) is 84.0 Å². The molecule has 0 rings (SSSR count). The molecule has 0 fully saturated rings. The number of unbranched alkanes of at least 4 members (excludes halogenated alkanes) is 10. The Balaban J connectivity index is 0. The van der Waals surface area contributed by atoms with E-state index in [4.69, 9.17) is 14.9 Å². The van der Waals surface area contributed by atoms with E-state index in [0.29, 0.717) is 0 Å². The summed E-state index contributed by atoms with van der Waals surface area (Å²) in [6.45, 7) is -0.108. The van der Waals surface area contributed by atoms with E-state index in [9.17, 15) is 19.4 Å². The number of rotatable bonds is 21. The first-order valence-corrected chi connectivity index (χ1v) is 12.5. The fraction of sp³-hybridized carbons (Fsp3) is 0.950. The van der Waals surface area contributed by atoms with Crippen LogP contribution in [0.2, 0.25) is 0 Å². The zero-order chi connectivity index (χ0) is 22.7. The molecule has 0 saturated heterocycles. The van der Waals surface area contributed by atoms with Crippen molar-refractivity contribution in [1.82, 2.24) is 0 Å². The molecule has 0 aliphatic carbocycles. The molecule has 181 valence electrons. The van der Waals surface area contributed by atoms with Gasteiger partial charge in [0.15, 0.2) is 0 Å². The summed E-state index contributed by atoms with van der Waals surface area (Å²) in [4.78, 5) is 23.0. The van der Waals surface area contributed by atoms with Crippen molar-refractivity contribution in [2.75, 3.05) is 26.4 Å². The molecule has 0 heterocycles. The van der Waals surface area contributed by atoms with Crippen LogP contribution >= 0.6 is 7.82 Å². The van der Waals surface area contributed by atoms with Crippen molar-refractivity contribution in [2.24, 2.45) is 0 Å². The Labute approximate surface area is 208 Å². The number of carbonyl (C=O) groups is 1. The predicted octanol–water partition coefficient (Wildman–Crippen LogP) is 2.07. The van der Waals surface area contributed by atoms with Gasteiger partial charge in [0.05, 0.1) is 19.8 Å². The molecule has 31 heavy (non-hydrogen) atoms. The monoisotopic (exact) mass is 478 g/mol. The number of aliphatic hydroxyl groups excluding tert-OH is 3. The first-order valence-electron chi connectivity index (χ1n) is 11.0. The molecule has 0 saturated carbocycles. The van der Waals surface area contributed by atoms with Crippen molar-refractivity contribution < 1.29 is 43.4 Å². The maximum Gasteiger partial charge on any atom is 0.305 e. The standard InChI is InChI=1S/C20H41O9P.Na/c1-2-3-4-5-6-7-8-9-10-11-12-13-20(24)27-15-19(23)17-29-30(25,26)28-16-18(22)14-21;/h18-19,21-23H,2-17H2,1H3,(H,25,26);/p-1/t18?,19-;/m1./s1. The third-order valence-corrected chi connectivity index (χ3v) is 5.41. The summed E-state index contributed by atoms with van der Waals surface area (Å²) in [5, 5.41) is 27.2. The van der Waals surface area contributed by atoms with E-state index >= 15 is 0 Å². The maximum atomic E-state index is 11.7. The molecule has 1 radical (unpaired) electrons. The van der Waals surface area contributed by atoms with Crippen LogP contribution in [-0.2, 0) is 23.1 Å². The summed E-state index contributed by atoms with van der Waals surface area (Å²) >= 11 is 0. The molecule has 0 spiro atoms. The number of carbonyl (C=O) groups excluding carboxylic acids is 1. The number of phosphoric acid groups is 1. The summed E-state index contributed by atoms with van der Waals surface area (Å²) in [5.74, 6) is -0.447. The van der Waals surface area contributed by atoms with Gasteiger partial charge in [-0.15, -0.1) is 0 Å². The smallest absolute Gasteiger partial charge is 0.305 e. The minimum Gasteiger partial charge on any atom is -0.756 e. The van der Waals surface area contributed by atoms with Gasteiger partial charge in [0, 0.05) is 36.0 Å². The number of hydrogen-bond donors (Lipinski definition) is 3. The van der Waals surface area contributed by atoms with E-state index < -0.39 is 45.8 Å². The Kier molecular flexibility index (Phi) is 24.2. The predicted molar refractivity (Wildman–Crippen MR) is 116 cm³/mol. The number of aliphatic hydroxyl groups is 3. The maximum absolute atomic E-state index is 11.7. The van der Waals surface area contributed by atoms with Crippen molar-refractivity contribution in [2.45, 2.75) is 96.2 Å². The summed E-state index contributed by atoms with van der Waals surface area (Å²) in [5.41, 5.74) is 0. The quantitative estimate of drug-likeness (QED) is 0.0976. The molecule has 0 aliphatic heterocycles. The molecular weight excluding hydrogens is 438 g/mol. The number of ether oxygens (including phenoxy) is 1. The number of phosphoric ester groups is 1. The van der Waals surface area contributed by atoms with E-state index in [-0.39, 0.29) is 42.6 Å². The van der Waals surface area contributed by atoms with Gasteiger partial charge >= 0.3 is 5.97 Å². The van der Waals surface area contributed by atoms with Crippen LogP contribution in [0.25, 0.3) is 0 Å². The van der Waals surface area contributed by atoms with Crippen LogP contribution in [0.4, 0.5) is 0 Å². The summed E-state index contributed by atoms with van der Waals surface area (Å²) in [7, 11) is -4.72. The van der Waals surface area contributed by atoms with Gasteiger partial charge in [0.25, 0.3) is 7.82 Å². The van der Waals surface area contributed by atoms with E-state index in [1.54, 1.807) is 0 Å². The van der Waals surface area contributed by atoms with Crippen LogP contribution in [-0.4, -0.2) is 89.5 Å². The molecule has 0 aromatic rings. The third-order valence-electron chi connectivity index (χ3n) is 4.48. The minimum absolute atomic E-state index is 0. The second kappa shape index (κ2) is 22.3. The number of hydrogen-bond acceptors (Lipinski definition) is 9. The average Bonchev–Trinajstić information content (AvgIpc) is 2.73. The molecule has 11 heteroatoms. The molecule has 9 nitrogen and oxygen atoms in total. The Morgan fingerprint density at radius 3 is 1.77 bits per heavy atom. The molecule has 3 N–H and O–H groups in total. The van der Waals surface area contributed by atoms with Crippen molar-refractivity contribution in [1.29, 1.82) is 0 Å². The zero-order valence-corrected chi connectivity index (χ0v) is 22.1. The Morgan fingerprint density at radius 2 is 1.29 bits per heavy atom. The fourth-order valence-corrected chi connectivity index (χ4v) is 3.47. The first-order chi connectivity index (χ1) is 14.3. The first kappa shape index (κ1) is 33.6. The molecule has 0 aromatic carbocycles. The van der Waals surface area contributed by atoms with Gasteiger partial charge in [0.1, 0.15) is 18.8 Å². The van der Waals surface area contributed by atoms with Crippen LogP contribution in [0.5, 0.6) is 0 Å². The van der Waals surface area contributed by atoms with Crippen molar-refractivity contribution in [3.63, 3.8) is 0 Å². The molecule has 0 aromatic heterocycles. The molecule has 3 atom stereocenters. The van der Waals surface area contributed by atoms with Crippen LogP contribution in [0, 0.1) is 0 Å². The molecule has 2 unspecified atom stereocenters. The van der Waals surface area contributed by atoms with E-state index in [0.717, 1.165) is 19.3 Å². The fourth-order valence-electron chi connectivity index (χ4n) is 2.69. The van der Waals surface area contributed by atoms with Gasteiger partial charge in [-0.1, -0.05) is 71.1 Å². The van der Waals surface area contributed by atoms with Crippen LogP contribution in [0.3, 0.4) is 0 Å². The second-order valence-electron chi connectivity index (χ2n) is 7.50. The average molecular weight is 478 g/mol. The Hall–Kier alpha value is 0.460. The second-order valence-corrected chi connectivity index (χ2v) is 8.91. The van der Waals surface area contributed by atoms with Gasteiger partial charge in [-0.25, -0.2) is 0 Å². The molecular formula is C20H40NaO9P-. The van der Waals surface area contributed by atoms with E-state index in [2.05, 4.69) is 16.0 Å². The molecule has 0 bridgehead atoms.